The zero-order valence-electron chi connectivity index (χ0n) is 13.1. The molecule has 0 aliphatic rings. The molecule has 0 aliphatic heterocycles. The molecule has 0 aliphatic carbocycles. The number of carbonyl (C=O) groups excluding carboxylic acids is 1. The average molecular weight is 310 g/mol. The number of nitrogens with one attached hydrogen (secondary N) is 1. The fraction of sp³-hybridized carbons (Fsp3) is 0.211. The van der Waals surface area contributed by atoms with Crippen LogP contribution in [0.3, 0.4) is 0 Å². The van der Waals surface area contributed by atoms with Crippen molar-refractivity contribution in [2.24, 2.45) is 0 Å². The van der Waals surface area contributed by atoms with Gasteiger partial charge in [0.15, 0.2) is 0 Å². The largest absolute Gasteiger partial charge is 0.361 e. The van der Waals surface area contributed by atoms with E-state index in [0.717, 1.165) is 16.5 Å². The maximum absolute atomic E-state index is 13.7. The van der Waals surface area contributed by atoms with Crippen LogP contribution in [-0.4, -0.2) is 22.8 Å². The van der Waals surface area contributed by atoms with Crippen LogP contribution in [0.2, 0.25) is 0 Å². The summed E-state index contributed by atoms with van der Waals surface area (Å²) in [7, 11) is 1.71. The van der Waals surface area contributed by atoms with E-state index in [1.54, 1.807) is 30.1 Å². The molecule has 0 saturated heterocycles. The summed E-state index contributed by atoms with van der Waals surface area (Å²) in [6, 6.07) is 14.6. The van der Waals surface area contributed by atoms with E-state index in [2.05, 4.69) is 11.1 Å². The number of aromatic amines is 1. The van der Waals surface area contributed by atoms with Crippen LogP contribution in [0.4, 0.5) is 4.39 Å². The molecule has 0 atom stereocenters. The second-order valence-electron chi connectivity index (χ2n) is 5.70. The number of hydrogen-bond acceptors (Lipinski definition) is 1. The summed E-state index contributed by atoms with van der Waals surface area (Å²) in [5, 5.41) is 1.15. The molecule has 3 aromatic rings. The van der Waals surface area contributed by atoms with Crippen molar-refractivity contribution in [3.05, 3.63) is 71.7 Å². The van der Waals surface area contributed by atoms with Crippen molar-refractivity contribution in [1.29, 1.82) is 0 Å². The van der Waals surface area contributed by atoms with Crippen molar-refractivity contribution in [1.82, 2.24) is 9.88 Å². The van der Waals surface area contributed by atoms with Crippen molar-refractivity contribution in [3.8, 4) is 0 Å². The molecule has 3 rings (SSSR count). The fourth-order valence-corrected chi connectivity index (χ4v) is 2.74. The molecule has 1 heterocycles. The van der Waals surface area contributed by atoms with E-state index >= 15 is 0 Å². The Bertz CT molecular complexity index is 825. The number of benzene rings is 2. The zero-order valence-corrected chi connectivity index (χ0v) is 13.1. The molecule has 23 heavy (non-hydrogen) atoms. The molecule has 1 N–H and O–H groups in total. The zero-order chi connectivity index (χ0) is 16.2. The minimum absolute atomic E-state index is 0.0125. The van der Waals surface area contributed by atoms with Gasteiger partial charge in [0, 0.05) is 42.7 Å². The van der Waals surface area contributed by atoms with Gasteiger partial charge in [-0.05, 0) is 24.1 Å². The number of fused-ring (bicyclic) bond motifs is 1. The molecule has 0 radical (unpaired) electrons. The summed E-state index contributed by atoms with van der Waals surface area (Å²) in [6.07, 6.45) is 3.03. The quantitative estimate of drug-likeness (QED) is 0.762. The molecule has 0 saturated carbocycles. The van der Waals surface area contributed by atoms with E-state index in [-0.39, 0.29) is 11.7 Å². The Hall–Kier alpha value is -2.62. The molecule has 0 unspecified atom stereocenters. The lowest BCUT2D eigenvalue weighted by atomic mass is 10.1. The van der Waals surface area contributed by atoms with E-state index in [4.69, 9.17) is 0 Å². The maximum atomic E-state index is 13.7. The normalized spacial score (nSPS) is 10.9. The van der Waals surface area contributed by atoms with Gasteiger partial charge in [-0.2, -0.15) is 0 Å². The predicted molar refractivity (Wildman–Crippen MR) is 89.5 cm³/mol. The summed E-state index contributed by atoms with van der Waals surface area (Å²) >= 11 is 0. The van der Waals surface area contributed by atoms with Crippen molar-refractivity contribution in [2.45, 2.75) is 19.4 Å². The smallest absolute Gasteiger partial charge is 0.222 e. The molecule has 0 spiro atoms. The van der Waals surface area contributed by atoms with Crippen LogP contribution < -0.4 is 0 Å². The number of hydrogen-bond donors (Lipinski definition) is 1. The lowest BCUT2D eigenvalue weighted by Gasteiger charge is -2.17. The van der Waals surface area contributed by atoms with E-state index in [1.165, 1.54) is 6.07 Å². The first-order valence-electron chi connectivity index (χ1n) is 7.67. The highest BCUT2D eigenvalue weighted by molar-refractivity contribution is 5.84. The highest BCUT2D eigenvalue weighted by Crippen LogP contribution is 2.19. The van der Waals surface area contributed by atoms with Gasteiger partial charge in [0.25, 0.3) is 0 Å². The maximum Gasteiger partial charge on any atom is 0.222 e. The Labute approximate surface area is 134 Å². The highest BCUT2D eigenvalue weighted by Gasteiger charge is 2.12. The molecule has 118 valence electrons. The van der Waals surface area contributed by atoms with E-state index < -0.39 is 0 Å². The highest BCUT2D eigenvalue weighted by atomic mass is 19.1. The molecule has 0 bridgehead atoms. The Balaban J connectivity index is 1.62. The van der Waals surface area contributed by atoms with Crippen molar-refractivity contribution >= 4 is 16.8 Å². The molecule has 0 fully saturated rings. The minimum Gasteiger partial charge on any atom is -0.361 e. The molecular weight excluding hydrogens is 291 g/mol. The van der Waals surface area contributed by atoms with Crippen LogP contribution in [0.5, 0.6) is 0 Å². The number of halogens is 1. The second-order valence-corrected chi connectivity index (χ2v) is 5.70. The van der Waals surface area contributed by atoms with E-state index in [9.17, 15) is 9.18 Å². The number of amides is 1. The number of aryl methyl sites for hydroxylation is 1. The summed E-state index contributed by atoms with van der Waals surface area (Å²) in [5.74, 6) is -0.262. The SMILES string of the molecule is CN(Cc1ccccc1F)C(=O)CCc1c[nH]c2ccccc12. The minimum atomic E-state index is -0.274. The van der Waals surface area contributed by atoms with Crippen LogP contribution in [0, 0.1) is 5.82 Å². The number of aromatic nitrogens is 1. The van der Waals surface area contributed by atoms with Gasteiger partial charge in [-0.15, -0.1) is 0 Å². The summed E-state index contributed by atoms with van der Waals surface area (Å²) < 4.78 is 13.7. The monoisotopic (exact) mass is 310 g/mol. The van der Waals surface area contributed by atoms with Gasteiger partial charge in [0.1, 0.15) is 5.82 Å². The first-order chi connectivity index (χ1) is 11.1. The second kappa shape index (κ2) is 6.65. The van der Waals surface area contributed by atoms with Crippen LogP contribution in [0.1, 0.15) is 17.5 Å². The van der Waals surface area contributed by atoms with Crippen LogP contribution in [0.15, 0.2) is 54.7 Å². The molecule has 1 aromatic heterocycles. The van der Waals surface area contributed by atoms with Gasteiger partial charge in [-0.1, -0.05) is 36.4 Å². The third-order valence-corrected chi connectivity index (χ3v) is 4.07. The standard InChI is InChI=1S/C19H19FN2O/c1-22(13-15-6-2-4-8-17(15)20)19(23)11-10-14-12-21-18-9-5-3-7-16(14)18/h2-9,12,21H,10-11,13H2,1H3. The molecular formula is C19H19FN2O. The molecule has 4 heteroatoms. The first kappa shape index (κ1) is 15.3. The Kier molecular flexibility index (Phi) is 4.42. The lowest BCUT2D eigenvalue weighted by molar-refractivity contribution is -0.130. The van der Waals surface area contributed by atoms with Gasteiger partial charge in [-0.3, -0.25) is 4.79 Å². The Morgan fingerprint density at radius 3 is 2.65 bits per heavy atom. The van der Waals surface area contributed by atoms with Crippen molar-refractivity contribution in [2.75, 3.05) is 7.05 Å². The average Bonchev–Trinajstić information content (AvgIpc) is 2.98. The van der Waals surface area contributed by atoms with Crippen molar-refractivity contribution in [3.63, 3.8) is 0 Å². The van der Waals surface area contributed by atoms with Gasteiger partial charge in [0.2, 0.25) is 5.91 Å². The molecule has 2 aromatic carbocycles. The lowest BCUT2D eigenvalue weighted by Crippen LogP contribution is -2.26. The third-order valence-electron chi connectivity index (χ3n) is 4.07. The topological polar surface area (TPSA) is 36.1 Å². The number of carbonyl (C=O) groups is 1. The Morgan fingerprint density at radius 2 is 1.83 bits per heavy atom. The Morgan fingerprint density at radius 1 is 1.09 bits per heavy atom. The molecule has 1 amide bonds. The van der Waals surface area contributed by atoms with Crippen LogP contribution in [-0.2, 0) is 17.8 Å². The van der Waals surface area contributed by atoms with E-state index in [1.807, 2.05) is 24.4 Å². The number of para-hydroxylation sites is 1. The molecule has 3 nitrogen and oxygen atoms in total. The number of rotatable bonds is 5. The fourth-order valence-electron chi connectivity index (χ4n) is 2.74. The van der Waals surface area contributed by atoms with Gasteiger partial charge < -0.3 is 9.88 Å². The van der Waals surface area contributed by atoms with Gasteiger partial charge in [0.05, 0.1) is 0 Å². The summed E-state index contributed by atoms with van der Waals surface area (Å²) in [6.45, 7) is 0.291. The van der Waals surface area contributed by atoms with Crippen LogP contribution >= 0.6 is 0 Å². The predicted octanol–water partition coefficient (Wildman–Crippen LogP) is 3.90. The summed E-state index contributed by atoms with van der Waals surface area (Å²) in [4.78, 5) is 17.1. The van der Waals surface area contributed by atoms with Crippen molar-refractivity contribution < 1.29 is 9.18 Å². The van der Waals surface area contributed by atoms with Gasteiger partial charge >= 0.3 is 0 Å². The number of nitrogens with zero attached hydrogens (tertiary/aromatic N) is 1. The van der Waals surface area contributed by atoms with E-state index in [0.29, 0.717) is 24.9 Å². The van der Waals surface area contributed by atoms with Crippen LogP contribution in [0.25, 0.3) is 10.9 Å². The first-order valence-corrected chi connectivity index (χ1v) is 7.67. The third kappa shape index (κ3) is 3.42. The summed E-state index contributed by atoms with van der Waals surface area (Å²) in [5.41, 5.74) is 2.75. The van der Waals surface area contributed by atoms with Gasteiger partial charge in [-0.25, -0.2) is 4.39 Å². The number of H-pyrrole nitrogens is 1.